The molecule has 27 heavy (non-hydrogen) atoms. The molecular formula is C25H47NO. The quantitative estimate of drug-likeness (QED) is 0.483. The highest BCUT2D eigenvalue weighted by Gasteiger charge is 2.28. The number of allylic oxidation sites excluding steroid dienone is 7. The van der Waals surface area contributed by atoms with Gasteiger partial charge >= 0.3 is 0 Å². The van der Waals surface area contributed by atoms with Crippen molar-refractivity contribution in [3.8, 4) is 0 Å². The molecule has 0 radical (unpaired) electrons. The van der Waals surface area contributed by atoms with E-state index in [9.17, 15) is 5.11 Å². The summed E-state index contributed by atoms with van der Waals surface area (Å²) in [5, 5.41) is 13.7. The summed E-state index contributed by atoms with van der Waals surface area (Å²) >= 11 is 0. The molecule has 0 aromatic heterocycles. The fourth-order valence-electron chi connectivity index (χ4n) is 2.93. The normalized spacial score (nSPS) is 16.9. The lowest BCUT2D eigenvalue weighted by atomic mass is 9.86. The average Bonchev–Trinajstić information content (AvgIpc) is 2.95. The molecule has 1 fully saturated rings. The van der Waals surface area contributed by atoms with Gasteiger partial charge in [-0.05, 0) is 58.5 Å². The van der Waals surface area contributed by atoms with E-state index >= 15 is 0 Å². The van der Waals surface area contributed by atoms with Gasteiger partial charge < -0.3 is 10.4 Å². The lowest BCUT2D eigenvalue weighted by Crippen LogP contribution is -2.41. The second-order valence-electron chi connectivity index (χ2n) is 6.89. The zero-order chi connectivity index (χ0) is 20.8. The lowest BCUT2D eigenvalue weighted by molar-refractivity contribution is 0.000962. The molecule has 2 N–H and O–H groups in total. The molecule has 2 rings (SSSR count). The van der Waals surface area contributed by atoms with Gasteiger partial charge in [-0.15, -0.1) is 6.58 Å². The molecule has 2 nitrogen and oxygen atoms in total. The second-order valence-corrected chi connectivity index (χ2v) is 6.89. The molecule has 0 unspecified atom stereocenters. The lowest BCUT2D eigenvalue weighted by Gasteiger charge is -2.32. The molecule has 1 aliphatic carbocycles. The Morgan fingerprint density at radius 3 is 2.22 bits per heavy atom. The number of rotatable bonds is 6. The summed E-state index contributed by atoms with van der Waals surface area (Å²) in [4.78, 5) is 0. The summed E-state index contributed by atoms with van der Waals surface area (Å²) in [5.74, 6) is 0. The summed E-state index contributed by atoms with van der Waals surface area (Å²) in [7, 11) is 0. The van der Waals surface area contributed by atoms with Gasteiger partial charge in [-0.1, -0.05) is 89.0 Å². The van der Waals surface area contributed by atoms with E-state index in [2.05, 4.69) is 56.1 Å². The first-order valence-electron chi connectivity index (χ1n) is 11.1. The van der Waals surface area contributed by atoms with Crippen molar-refractivity contribution in [2.24, 2.45) is 0 Å². The first-order chi connectivity index (χ1) is 13.1. The highest BCUT2D eigenvalue weighted by molar-refractivity contribution is 5.26. The van der Waals surface area contributed by atoms with Gasteiger partial charge in [-0.3, -0.25) is 0 Å². The van der Waals surface area contributed by atoms with E-state index in [1.807, 2.05) is 20.8 Å². The van der Waals surface area contributed by atoms with Gasteiger partial charge in [0.25, 0.3) is 0 Å². The Morgan fingerprint density at radius 2 is 1.70 bits per heavy atom. The fourth-order valence-corrected chi connectivity index (χ4v) is 2.93. The molecule has 0 atom stereocenters. The minimum absolute atomic E-state index is 0.404. The van der Waals surface area contributed by atoms with Gasteiger partial charge in [0.2, 0.25) is 0 Å². The van der Waals surface area contributed by atoms with Crippen molar-refractivity contribution in [1.29, 1.82) is 0 Å². The summed E-state index contributed by atoms with van der Waals surface area (Å²) in [6, 6.07) is 0. The van der Waals surface area contributed by atoms with E-state index < -0.39 is 5.60 Å². The van der Waals surface area contributed by atoms with E-state index in [1.54, 1.807) is 6.08 Å². The SMILES string of the molecule is C=CC.CC.CCCCC.OC1(CCCC2=CCC=CC=C2)CCNCC1. The van der Waals surface area contributed by atoms with Crippen LogP contribution in [0.1, 0.15) is 92.4 Å². The molecule has 158 valence electrons. The van der Waals surface area contributed by atoms with Crippen molar-refractivity contribution in [2.45, 2.75) is 98.0 Å². The molecule has 2 heteroatoms. The predicted molar refractivity (Wildman–Crippen MR) is 124 cm³/mol. The van der Waals surface area contributed by atoms with Crippen LogP contribution in [0.15, 0.2) is 48.6 Å². The van der Waals surface area contributed by atoms with Gasteiger partial charge in [0.1, 0.15) is 0 Å². The van der Waals surface area contributed by atoms with E-state index in [1.165, 1.54) is 24.8 Å². The highest BCUT2D eigenvalue weighted by atomic mass is 16.3. The largest absolute Gasteiger partial charge is 0.390 e. The second kappa shape index (κ2) is 21.2. The van der Waals surface area contributed by atoms with Crippen molar-refractivity contribution in [1.82, 2.24) is 5.32 Å². The van der Waals surface area contributed by atoms with E-state index in [0.717, 1.165) is 51.6 Å². The van der Waals surface area contributed by atoms with Crippen LogP contribution in [0.2, 0.25) is 0 Å². The molecule has 1 aliphatic heterocycles. The van der Waals surface area contributed by atoms with Crippen LogP contribution in [0, 0.1) is 0 Å². The van der Waals surface area contributed by atoms with Crippen LogP contribution in [-0.2, 0) is 0 Å². The maximum Gasteiger partial charge on any atom is 0.0672 e. The molecular weight excluding hydrogens is 330 g/mol. The number of aliphatic hydroxyl groups is 1. The summed E-state index contributed by atoms with van der Waals surface area (Å²) in [6.07, 6.45) is 22.7. The van der Waals surface area contributed by atoms with Crippen molar-refractivity contribution < 1.29 is 5.11 Å². The van der Waals surface area contributed by atoms with Crippen molar-refractivity contribution >= 4 is 0 Å². The molecule has 0 saturated carbocycles. The molecule has 0 aromatic rings. The van der Waals surface area contributed by atoms with Crippen molar-refractivity contribution in [3.63, 3.8) is 0 Å². The van der Waals surface area contributed by atoms with Gasteiger partial charge in [0.15, 0.2) is 0 Å². The molecule has 0 aromatic carbocycles. The Balaban J connectivity index is 0. The Hall–Kier alpha value is -1.12. The van der Waals surface area contributed by atoms with Crippen LogP contribution in [-0.4, -0.2) is 23.8 Å². The first kappa shape index (κ1) is 28.1. The van der Waals surface area contributed by atoms with Crippen LogP contribution >= 0.6 is 0 Å². The van der Waals surface area contributed by atoms with Crippen molar-refractivity contribution in [3.05, 3.63) is 48.6 Å². The average molecular weight is 378 g/mol. The van der Waals surface area contributed by atoms with Gasteiger partial charge in [-0.25, -0.2) is 0 Å². The minimum atomic E-state index is -0.404. The van der Waals surface area contributed by atoms with E-state index in [4.69, 9.17) is 0 Å². The van der Waals surface area contributed by atoms with Crippen LogP contribution in [0.5, 0.6) is 0 Å². The van der Waals surface area contributed by atoms with Gasteiger partial charge in [0, 0.05) is 0 Å². The predicted octanol–water partition coefficient (Wildman–Crippen LogP) is 7.13. The Labute approximate surface area is 170 Å². The van der Waals surface area contributed by atoms with E-state index in [0.29, 0.717) is 0 Å². The number of unbranched alkanes of at least 4 members (excludes halogenated alkanes) is 2. The molecule has 0 amide bonds. The third-order valence-electron chi connectivity index (χ3n) is 4.42. The molecule has 1 heterocycles. The van der Waals surface area contributed by atoms with E-state index in [-0.39, 0.29) is 0 Å². The molecule has 0 bridgehead atoms. The van der Waals surface area contributed by atoms with Gasteiger partial charge in [0.05, 0.1) is 5.60 Å². The number of hydrogen-bond donors (Lipinski definition) is 2. The summed E-state index contributed by atoms with van der Waals surface area (Å²) in [5.41, 5.74) is 1.01. The van der Waals surface area contributed by atoms with Gasteiger partial charge in [-0.2, -0.15) is 0 Å². The topological polar surface area (TPSA) is 32.3 Å². The molecule has 2 aliphatic rings. The van der Waals surface area contributed by atoms with Crippen LogP contribution in [0.25, 0.3) is 0 Å². The zero-order valence-corrected chi connectivity index (χ0v) is 18.9. The molecule has 0 spiro atoms. The highest BCUT2D eigenvalue weighted by Crippen LogP contribution is 2.25. The molecule has 1 saturated heterocycles. The number of nitrogens with one attached hydrogen (secondary N) is 1. The first-order valence-corrected chi connectivity index (χ1v) is 11.1. The van der Waals surface area contributed by atoms with Crippen molar-refractivity contribution in [2.75, 3.05) is 13.1 Å². The number of hydrogen-bond acceptors (Lipinski definition) is 2. The Kier molecular flexibility index (Phi) is 22.0. The summed E-state index contributed by atoms with van der Waals surface area (Å²) < 4.78 is 0. The Morgan fingerprint density at radius 1 is 1.11 bits per heavy atom. The van der Waals surface area contributed by atoms with Crippen LogP contribution in [0.4, 0.5) is 0 Å². The van der Waals surface area contributed by atoms with Crippen LogP contribution < -0.4 is 5.32 Å². The van der Waals surface area contributed by atoms with Crippen LogP contribution in [0.3, 0.4) is 0 Å². The smallest absolute Gasteiger partial charge is 0.0672 e. The maximum atomic E-state index is 10.4. The zero-order valence-electron chi connectivity index (χ0n) is 18.9. The standard InChI is InChI=1S/C15H23NO.C5H12.C3H6.C2H6/c17-15(10-12-16-13-11-15)9-5-8-14-6-3-1-2-4-7-14;1-3-5-4-2;1-3-2;1-2/h1-3,6-7,16-17H,4-5,8-13H2;3-5H2,1-2H3;3H,1H2,2H3;1-2H3. The minimum Gasteiger partial charge on any atom is -0.390 e. The Bertz CT molecular complexity index is 399. The third kappa shape index (κ3) is 18.0. The maximum absolute atomic E-state index is 10.4. The number of piperidine rings is 1. The summed E-state index contributed by atoms with van der Waals surface area (Å²) in [6.45, 7) is 15.6. The fraction of sp³-hybridized carbons (Fsp3) is 0.680. The third-order valence-corrected chi connectivity index (χ3v) is 4.42. The monoisotopic (exact) mass is 377 g/mol.